The normalized spacial score (nSPS) is 21.2. The van der Waals surface area contributed by atoms with Gasteiger partial charge in [-0.3, -0.25) is 0 Å². The molecule has 1 aliphatic heterocycles. The summed E-state index contributed by atoms with van der Waals surface area (Å²) in [4.78, 5) is 0. The van der Waals surface area contributed by atoms with E-state index in [1.165, 1.54) is 39.0 Å². The zero-order valence-corrected chi connectivity index (χ0v) is 19.4. The molecule has 3 nitrogen and oxygen atoms in total. The highest BCUT2D eigenvalue weighted by Crippen LogP contribution is 2.44. The minimum atomic E-state index is -0.360. The van der Waals surface area contributed by atoms with Crippen molar-refractivity contribution in [1.82, 2.24) is 4.57 Å². The Morgan fingerprint density at radius 2 is 1.59 bits per heavy atom. The van der Waals surface area contributed by atoms with Crippen LogP contribution in [0.1, 0.15) is 58.2 Å². The maximum atomic E-state index is 6.52. The minimum absolute atomic E-state index is 0.355. The summed E-state index contributed by atoms with van der Waals surface area (Å²) in [5, 5.41) is 1.31. The van der Waals surface area contributed by atoms with Crippen LogP contribution in [0, 0.1) is 0 Å². The first kappa shape index (κ1) is 20.1. The van der Waals surface area contributed by atoms with Crippen molar-refractivity contribution in [2.24, 2.45) is 0 Å². The molecule has 0 amide bonds. The van der Waals surface area contributed by atoms with Gasteiger partial charge >= 0.3 is 7.12 Å². The quantitative estimate of drug-likeness (QED) is 0.474. The molecule has 6 rings (SSSR count). The third-order valence-corrected chi connectivity index (χ3v) is 7.85. The molecule has 4 heteroatoms. The Kier molecular flexibility index (Phi) is 4.37. The second-order valence-corrected chi connectivity index (χ2v) is 10.3. The molecule has 0 saturated carbocycles. The number of benzene rings is 2. The summed E-state index contributed by atoms with van der Waals surface area (Å²) >= 11 is 0. The van der Waals surface area contributed by atoms with Gasteiger partial charge in [0.1, 0.15) is 0 Å². The fraction of sp³-hybridized carbons (Fsp3) is 0.357. The van der Waals surface area contributed by atoms with Gasteiger partial charge in [0.05, 0.1) is 22.4 Å². The minimum Gasteiger partial charge on any atom is -0.399 e. The molecule has 3 aliphatic rings. The van der Waals surface area contributed by atoms with Crippen LogP contribution in [0.5, 0.6) is 0 Å². The fourth-order valence-corrected chi connectivity index (χ4v) is 5.50. The summed E-state index contributed by atoms with van der Waals surface area (Å²) in [6.07, 6.45) is 9.04. The molecular formula is C28H30BNO2. The maximum absolute atomic E-state index is 6.52. The first-order chi connectivity index (χ1) is 15.4. The van der Waals surface area contributed by atoms with Gasteiger partial charge in [0, 0.05) is 11.1 Å². The lowest BCUT2D eigenvalue weighted by molar-refractivity contribution is 0.00578. The van der Waals surface area contributed by atoms with Crippen LogP contribution in [0.25, 0.3) is 22.2 Å². The molecule has 162 valence electrons. The van der Waals surface area contributed by atoms with Crippen LogP contribution in [0.3, 0.4) is 0 Å². The van der Waals surface area contributed by atoms with Crippen molar-refractivity contribution in [2.75, 3.05) is 0 Å². The summed E-state index contributed by atoms with van der Waals surface area (Å²) in [6, 6.07) is 17.4. The van der Waals surface area contributed by atoms with Gasteiger partial charge in [0.15, 0.2) is 0 Å². The van der Waals surface area contributed by atoms with Crippen LogP contribution in [-0.4, -0.2) is 22.9 Å². The first-order valence-electron chi connectivity index (χ1n) is 11.8. The second-order valence-electron chi connectivity index (χ2n) is 10.3. The van der Waals surface area contributed by atoms with E-state index in [4.69, 9.17) is 9.31 Å². The lowest BCUT2D eigenvalue weighted by Gasteiger charge is -2.32. The number of rotatable bonds is 2. The number of nitrogens with zero attached hydrogens (tertiary/aromatic N) is 1. The number of fused-ring (bicyclic) bond motifs is 4. The average molecular weight is 423 g/mol. The van der Waals surface area contributed by atoms with Crippen LogP contribution >= 0.6 is 0 Å². The van der Waals surface area contributed by atoms with Crippen molar-refractivity contribution in [3.05, 3.63) is 77.5 Å². The van der Waals surface area contributed by atoms with Gasteiger partial charge in [-0.1, -0.05) is 42.5 Å². The van der Waals surface area contributed by atoms with Gasteiger partial charge in [0.2, 0.25) is 0 Å². The molecule has 1 saturated heterocycles. The van der Waals surface area contributed by atoms with Gasteiger partial charge in [-0.2, -0.15) is 0 Å². The van der Waals surface area contributed by atoms with E-state index in [1.54, 1.807) is 0 Å². The molecule has 3 aromatic rings. The summed E-state index contributed by atoms with van der Waals surface area (Å²) in [5.41, 5.74) is 8.75. The van der Waals surface area contributed by atoms with Gasteiger partial charge < -0.3 is 13.9 Å². The number of allylic oxidation sites excluding steroid dienone is 4. The highest BCUT2D eigenvalue weighted by atomic mass is 16.7. The number of aryl methyl sites for hydroxylation is 1. The molecule has 32 heavy (non-hydrogen) atoms. The topological polar surface area (TPSA) is 23.4 Å². The van der Waals surface area contributed by atoms with E-state index in [0.29, 0.717) is 0 Å². The van der Waals surface area contributed by atoms with Gasteiger partial charge in [-0.05, 0) is 93.7 Å². The van der Waals surface area contributed by atoms with Gasteiger partial charge in [-0.25, -0.2) is 0 Å². The van der Waals surface area contributed by atoms with E-state index in [9.17, 15) is 0 Å². The molecular weight excluding hydrogens is 393 g/mol. The monoisotopic (exact) mass is 423 g/mol. The molecule has 2 aliphatic carbocycles. The van der Waals surface area contributed by atoms with Crippen molar-refractivity contribution >= 4 is 29.1 Å². The zero-order valence-electron chi connectivity index (χ0n) is 19.4. The lowest BCUT2D eigenvalue weighted by atomic mass is 9.74. The van der Waals surface area contributed by atoms with E-state index in [0.717, 1.165) is 31.1 Å². The zero-order chi connectivity index (χ0) is 22.1. The Labute approximate surface area is 190 Å². The summed E-state index contributed by atoms with van der Waals surface area (Å²) < 4.78 is 15.5. The Morgan fingerprint density at radius 3 is 2.34 bits per heavy atom. The molecule has 1 aromatic heterocycles. The fourth-order valence-electron chi connectivity index (χ4n) is 5.50. The van der Waals surface area contributed by atoms with Crippen molar-refractivity contribution < 1.29 is 9.31 Å². The molecule has 0 spiro atoms. The predicted molar refractivity (Wildman–Crippen MR) is 133 cm³/mol. The molecule has 2 heterocycles. The maximum Gasteiger partial charge on any atom is 0.495 e. The Morgan fingerprint density at radius 1 is 0.844 bits per heavy atom. The van der Waals surface area contributed by atoms with Crippen LogP contribution in [-0.2, 0) is 15.7 Å². The number of para-hydroxylation sites is 1. The lowest BCUT2D eigenvalue weighted by Crippen LogP contribution is -2.41. The van der Waals surface area contributed by atoms with E-state index < -0.39 is 0 Å². The third kappa shape index (κ3) is 2.82. The summed E-state index contributed by atoms with van der Waals surface area (Å²) in [7, 11) is -0.360. The molecule has 0 unspecified atom stereocenters. The smallest absolute Gasteiger partial charge is 0.399 e. The van der Waals surface area contributed by atoms with E-state index in [2.05, 4.69) is 92.9 Å². The molecule has 0 atom stereocenters. The molecule has 2 aromatic carbocycles. The molecule has 1 fully saturated rings. The van der Waals surface area contributed by atoms with Gasteiger partial charge in [-0.15, -0.1) is 0 Å². The van der Waals surface area contributed by atoms with Crippen LogP contribution in [0.2, 0.25) is 0 Å². The van der Waals surface area contributed by atoms with E-state index >= 15 is 0 Å². The number of aromatic nitrogens is 1. The summed E-state index contributed by atoms with van der Waals surface area (Å²) in [5.74, 6) is 0. The van der Waals surface area contributed by atoms with Crippen molar-refractivity contribution in [3.8, 4) is 5.69 Å². The van der Waals surface area contributed by atoms with Crippen LogP contribution < -0.4 is 5.46 Å². The van der Waals surface area contributed by atoms with Crippen molar-refractivity contribution in [2.45, 2.75) is 64.6 Å². The third-order valence-electron chi connectivity index (χ3n) is 7.85. The van der Waals surface area contributed by atoms with Gasteiger partial charge in [0.25, 0.3) is 0 Å². The van der Waals surface area contributed by atoms with Crippen molar-refractivity contribution in [3.63, 3.8) is 0 Å². The van der Waals surface area contributed by atoms with Crippen LogP contribution in [0.4, 0.5) is 0 Å². The van der Waals surface area contributed by atoms with Crippen LogP contribution in [0.15, 0.2) is 66.3 Å². The highest BCUT2D eigenvalue weighted by Gasteiger charge is 2.52. The SMILES string of the molecule is CC1(C)OB(c2cccc3c2c2c(n3-c3ccccc3)C3=C(C=CCC3)CC2)OC1(C)C. The average Bonchev–Trinajstić information content (AvgIpc) is 3.24. The van der Waals surface area contributed by atoms with E-state index in [1.807, 2.05) is 0 Å². The standard InChI is InChI=1S/C28H30BNO2/c1-27(2)28(3,4)32-29(31-27)23-15-10-16-24-25(23)22-18-17-19-11-8-9-14-21(19)26(22)30(24)20-12-6-5-7-13-20/h5-8,10-13,15-16H,9,14,17-18H2,1-4H3. The number of hydrogen-bond acceptors (Lipinski definition) is 2. The Balaban J connectivity index is 1.65. The van der Waals surface area contributed by atoms with Crippen molar-refractivity contribution in [1.29, 1.82) is 0 Å². The Hall–Kier alpha value is -2.56. The predicted octanol–water partition coefficient (Wildman–Crippen LogP) is 5.98. The largest absolute Gasteiger partial charge is 0.495 e. The summed E-state index contributed by atoms with van der Waals surface area (Å²) in [6.45, 7) is 8.51. The number of hydrogen-bond donors (Lipinski definition) is 0. The molecule has 0 radical (unpaired) electrons. The molecule has 0 bridgehead atoms. The highest BCUT2D eigenvalue weighted by molar-refractivity contribution is 6.65. The second kappa shape index (κ2) is 6.97. The Bertz CT molecular complexity index is 1260. The first-order valence-corrected chi connectivity index (χ1v) is 11.8. The molecule has 0 N–H and O–H groups in total. The van der Waals surface area contributed by atoms with E-state index in [-0.39, 0.29) is 18.3 Å².